The molecule has 0 N–H and O–H groups in total. The van der Waals surface area contributed by atoms with Gasteiger partial charge in [0.2, 0.25) is 5.24 Å². The quantitative estimate of drug-likeness (QED) is 0.410. The molecule has 0 aromatic heterocycles. The van der Waals surface area contributed by atoms with E-state index < -0.39 is 0 Å². The van der Waals surface area contributed by atoms with Crippen molar-refractivity contribution in [1.29, 1.82) is 0 Å². The Hall–Kier alpha value is -0.0300. The maximum absolute atomic E-state index is 10.8. The van der Waals surface area contributed by atoms with Gasteiger partial charge in [0.15, 0.2) is 0 Å². The minimum Gasteiger partial charge on any atom is -0.280 e. The molecule has 94 valence electrons. The van der Waals surface area contributed by atoms with Crippen molar-refractivity contribution in [3.63, 3.8) is 0 Å². The fourth-order valence-electron chi connectivity index (χ4n) is 1.04. The molecular weight excluding hydrogens is 292 g/mol. The number of carbonyl (C=O) groups excluding carboxylic acids is 1. The number of hydrogen-bond acceptors (Lipinski definition) is 4. The van der Waals surface area contributed by atoms with Gasteiger partial charge in [-0.05, 0) is 39.8 Å². The highest BCUT2D eigenvalue weighted by Gasteiger charge is 2.15. The van der Waals surface area contributed by atoms with Crippen molar-refractivity contribution in [1.82, 2.24) is 0 Å². The van der Waals surface area contributed by atoms with Crippen LogP contribution in [-0.4, -0.2) is 22.5 Å². The molecule has 0 aliphatic heterocycles. The predicted molar refractivity (Wildman–Crippen MR) is 86.2 cm³/mol. The average molecular weight is 307 g/mol. The van der Waals surface area contributed by atoms with E-state index in [0.29, 0.717) is 0 Å². The Kier molecular flexibility index (Phi) is 9.93. The maximum atomic E-state index is 10.8. The third kappa shape index (κ3) is 7.09. The first kappa shape index (κ1) is 17.0. The monoisotopic (exact) mass is 306 g/mol. The van der Waals surface area contributed by atoms with Gasteiger partial charge in [-0.25, -0.2) is 0 Å². The van der Waals surface area contributed by atoms with Gasteiger partial charge in [-0.15, -0.1) is 23.5 Å². The second kappa shape index (κ2) is 9.95. The van der Waals surface area contributed by atoms with Crippen LogP contribution >= 0.6 is 47.8 Å². The van der Waals surface area contributed by atoms with Gasteiger partial charge in [-0.3, -0.25) is 4.79 Å². The van der Waals surface area contributed by atoms with E-state index in [2.05, 4.69) is 25.8 Å². The van der Waals surface area contributed by atoms with Gasteiger partial charge in [-0.2, -0.15) is 12.6 Å². The summed E-state index contributed by atoms with van der Waals surface area (Å²) in [5, 5.41) is 3.19. The molecule has 1 unspecified atom stereocenters. The third-order valence-corrected chi connectivity index (χ3v) is 4.14. The Balaban J connectivity index is 4.83. The van der Waals surface area contributed by atoms with Crippen LogP contribution in [0.5, 0.6) is 0 Å². The van der Waals surface area contributed by atoms with Crippen LogP contribution in [0, 0.1) is 0 Å². The molecule has 0 fully saturated rings. The molecule has 5 heteroatoms. The lowest BCUT2D eigenvalue weighted by atomic mass is 10.1. The largest absolute Gasteiger partial charge is 0.280 e. The van der Waals surface area contributed by atoms with E-state index >= 15 is 0 Å². The molecule has 0 radical (unpaired) electrons. The van der Waals surface area contributed by atoms with Gasteiger partial charge in [0.25, 0.3) is 0 Å². The van der Waals surface area contributed by atoms with Crippen molar-refractivity contribution < 1.29 is 4.79 Å². The summed E-state index contributed by atoms with van der Waals surface area (Å²) in [6.07, 6.45) is 5.60. The van der Waals surface area contributed by atoms with Crippen LogP contribution in [-0.2, 0) is 4.79 Å². The summed E-state index contributed by atoms with van der Waals surface area (Å²) >= 11 is 12.5. The van der Waals surface area contributed by atoms with Gasteiger partial charge in [0, 0.05) is 0 Å². The summed E-state index contributed by atoms with van der Waals surface area (Å²) in [6, 6.07) is 0. The van der Waals surface area contributed by atoms with Crippen LogP contribution in [0.25, 0.3) is 0 Å². The molecule has 0 amide bonds. The van der Waals surface area contributed by atoms with Crippen molar-refractivity contribution in [3.05, 3.63) is 47.3 Å². The van der Waals surface area contributed by atoms with Crippen LogP contribution in [0.4, 0.5) is 0 Å². The fraction of sp³-hybridized carbons (Fsp3) is 0.250. The van der Waals surface area contributed by atoms with Gasteiger partial charge in [-0.1, -0.05) is 25.3 Å². The lowest BCUT2D eigenvalue weighted by molar-refractivity contribution is -0.109. The van der Waals surface area contributed by atoms with E-state index in [-0.39, 0.29) is 16.2 Å². The highest BCUT2D eigenvalue weighted by molar-refractivity contribution is 8.01. The fourth-order valence-corrected chi connectivity index (χ4v) is 2.84. The number of rotatable bonds is 8. The Labute approximate surface area is 122 Å². The molecule has 0 aromatic rings. The van der Waals surface area contributed by atoms with Gasteiger partial charge < -0.3 is 0 Å². The number of halogens is 1. The van der Waals surface area contributed by atoms with E-state index in [1.54, 1.807) is 23.2 Å². The molecule has 1 nitrogen and oxygen atoms in total. The molecule has 0 saturated carbocycles. The SMILES string of the molecule is C=C/C(=C\S)C(SCC(=O)Cl)C(=C)/C=C\SC. The standard InChI is InChI=1S/C12H15ClOS3/c1-4-10(7-15)12(17-8-11(13)14)9(2)5-6-16-3/h4-7,12,15H,1-2,8H2,3H3/b6-5-,10-7+. The summed E-state index contributed by atoms with van der Waals surface area (Å²) in [6.45, 7) is 7.71. The molecule has 0 bridgehead atoms. The molecule has 0 aliphatic rings. The van der Waals surface area contributed by atoms with E-state index in [1.807, 2.05) is 17.7 Å². The zero-order valence-corrected chi connectivity index (χ0v) is 12.8. The molecule has 0 aliphatic carbocycles. The minimum absolute atomic E-state index is 0.0453. The van der Waals surface area contributed by atoms with Crippen molar-refractivity contribution in [2.24, 2.45) is 0 Å². The van der Waals surface area contributed by atoms with Crippen molar-refractivity contribution in [2.75, 3.05) is 12.0 Å². The Morgan fingerprint density at radius 1 is 1.59 bits per heavy atom. The summed E-state index contributed by atoms with van der Waals surface area (Å²) < 4.78 is 0. The van der Waals surface area contributed by atoms with Crippen LogP contribution < -0.4 is 0 Å². The van der Waals surface area contributed by atoms with E-state index in [9.17, 15) is 4.79 Å². The Morgan fingerprint density at radius 2 is 2.24 bits per heavy atom. The number of allylic oxidation sites excluding steroid dienone is 2. The molecule has 17 heavy (non-hydrogen) atoms. The van der Waals surface area contributed by atoms with Gasteiger partial charge in [0.1, 0.15) is 0 Å². The van der Waals surface area contributed by atoms with Crippen LogP contribution in [0.1, 0.15) is 0 Å². The third-order valence-electron chi connectivity index (χ3n) is 1.81. The van der Waals surface area contributed by atoms with Crippen molar-refractivity contribution in [2.45, 2.75) is 5.25 Å². The van der Waals surface area contributed by atoms with E-state index in [4.69, 9.17) is 11.6 Å². The van der Waals surface area contributed by atoms with Gasteiger partial charge in [0.05, 0.1) is 11.0 Å². The molecule has 0 heterocycles. The summed E-state index contributed by atoms with van der Waals surface area (Å²) in [4.78, 5) is 10.8. The second-order valence-corrected chi connectivity index (χ2v) is 5.51. The molecule has 0 rings (SSSR count). The van der Waals surface area contributed by atoms with Crippen LogP contribution in [0.2, 0.25) is 0 Å². The number of carbonyl (C=O) groups is 1. The Morgan fingerprint density at radius 3 is 2.65 bits per heavy atom. The Bertz CT molecular complexity index is 348. The average Bonchev–Trinajstić information content (AvgIpc) is 2.31. The summed E-state index contributed by atoms with van der Waals surface area (Å²) in [5.41, 5.74) is 1.80. The van der Waals surface area contributed by atoms with Crippen molar-refractivity contribution >= 4 is 53.0 Å². The van der Waals surface area contributed by atoms with Gasteiger partial charge >= 0.3 is 0 Å². The molecule has 0 saturated heterocycles. The first-order valence-electron chi connectivity index (χ1n) is 4.71. The first-order chi connectivity index (χ1) is 8.06. The number of thiol groups is 1. The van der Waals surface area contributed by atoms with Crippen LogP contribution in [0.15, 0.2) is 47.3 Å². The second-order valence-electron chi connectivity index (χ2n) is 2.99. The highest BCUT2D eigenvalue weighted by atomic mass is 35.5. The summed E-state index contributed by atoms with van der Waals surface area (Å²) in [7, 11) is 0. The molecule has 0 aromatic carbocycles. The van der Waals surface area contributed by atoms with Crippen LogP contribution in [0.3, 0.4) is 0 Å². The zero-order chi connectivity index (χ0) is 13.3. The summed E-state index contributed by atoms with van der Waals surface area (Å²) in [5.74, 6) is 0.233. The minimum atomic E-state index is -0.371. The highest BCUT2D eigenvalue weighted by Crippen LogP contribution is 2.28. The smallest absolute Gasteiger partial charge is 0.231 e. The van der Waals surface area contributed by atoms with E-state index in [1.165, 1.54) is 11.8 Å². The predicted octanol–water partition coefficient (Wildman–Crippen LogP) is 4.29. The molecule has 1 atom stereocenters. The number of thioether (sulfide) groups is 2. The van der Waals surface area contributed by atoms with E-state index in [0.717, 1.165) is 11.1 Å². The molecule has 0 spiro atoms. The zero-order valence-electron chi connectivity index (χ0n) is 9.56. The number of hydrogen-bond donors (Lipinski definition) is 1. The lowest BCUT2D eigenvalue weighted by Gasteiger charge is -2.17. The maximum Gasteiger partial charge on any atom is 0.231 e. The van der Waals surface area contributed by atoms with Crippen molar-refractivity contribution in [3.8, 4) is 0 Å². The topological polar surface area (TPSA) is 17.1 Å². The molecular formula is C12H15ClOS3. The first-order valence-corrected chi connectivity index (χ1v) is 7.94. The normalized spacial score (nSPS) is 13.7. The lowest BCUT2D eigenvalue weighted by Crippen LogP contribution is -2.09.